The summed E-state index contributed by atoms with van der Waals surface area (Å²) in [6, 6.07) is 11.8. The lowest BCUT2D eigenvalue weighted by Gasteiger charge is -2.09. The van der Waals surface area contributed by atoms with E-state index >= 15 is 0 Å². The van der Waals surface area contributed by atoms with Crippen molar-refractivity contribution in [3.63, 3.8) is 0 Å². The van der Waals surface area contributed by atoms with Crippen LogP contribution in [-0.2, 0) is 13.0 Å². The molecule has 3 rings (SSSR count). The summed E-state index contributed by atoms with van der Waals surface area (Å²) in [6.45, 7) is 2.74. The highest BCUT2D eigenvalue weighted by Gasteiger charge is 2.11. The third kappa shape index (κ3) is 2.39. The van der Waals surface area contributed by atoms with Gasteiger partial charge < -0.3 is 4.57 Å². The normalized spacial score (nSPS) is 11.2. The number of benzene rings is 1. The van der Waals surface area contributed by atoms with Gasteiger partial charge in [-0.2, -0.15) is 0 Å². The van der Waals surface area contributed by atoms with Gasteiger partial charge in [0.25, 0.3) is 0 Å². The first-order valence-corrected chi connectivity index (χ1v) is 7.19. The molecule has 20 heavy (non-hydrogen) atoms. The molecule has 0 saturated carbocycles. The maximum absolute atomic E-state index is 6.16. The third-order valence-corrected chi connectivity index (χ3v) is 3.81. The number of para-hydroxylation sites is 2. The number of pyridine rings is 1. The number of imidazole rings is 1. The average molecular weight is 306 g/mol. The van der Waals surface area contributed by atoms with E-state index < -0.39 is 0 Å². The van der Waals surface area contributed by atoms with E-state index in [9.17, 15) is 0 Å². The summed E-state index contributed by atoms with van der Waals surface area (Å²) in [7, 11) is 0. The second kappa shape index (κ2) is 5.43. The summed E-state index contributed by atoms with van der Waals surface area (Å²) in [5, 5.41) is 0.849. The Morgan fingerprint density at radius 1 is 1.05 bits per heavy atom. The van der Waals surface area contributed by atoms with Crippen LogP contribution in [0, 0.1) is 0 Å². The van der Waals surface area contributed by atoms with Crippen LogP contribution in [0.2, 0.25) is 10.3 Å². The molecular weight excluding hydrogens is 293 g/mol. The Morgan fingerprint density at radius 2 is 1.85 bits per heavy atom. The molecule has 1 aromatic carbocycles. The van der Waals surface area contributed by atoms with Crippen LogP contribution in [0.5, 0.6) is 0 Å². The first-order valence-electron chi connectivity index (χ1n) is 6.44. The molecule has 5 heteroatoms. The van der Waals surface area contributed by atoms with Crippen LogP contribution < -0.4 is 0 Å². The van der Waals surface area contributed by atoms with Crippen LogP contribution >= 0.6 is 23.2 Å². The van der Waals surface area contributed by atoms with E-state index in [0.29, 0.717) is 16.9 Å². The maximum atomic E-state index is 6.16. The second-order valence-electron chi connectivity index (χ2n) is 4.54. The van der Waals surface area contributed by atoms with Gasteiger partial charge in [0.2, 0.25) is 0 Å². The molecule has 0 spiro atoms. The van der Waals surface area contributed by atoms with Gasteiger partial charge in [0.1, 0.15) is 16.1 Å². The topological polar surface area (TPSA) is 30.7 Å². The SMILES string of the molecule is CCc1nc2ccccc2n1Cc1ccc(Cl)nc1Cl. The molecule has 3 aromatic rings. The van der Waals surface area contributed by atoms with Gasteiger partial charge in [-0.15, -0.1) is 0 Å². The number of rotatable bonds is 3. The molecule has 0 N–H and O–H groups in total. The first kappa shape index (κ1) is 13.4. The number of hydrogen-bond acceptors (Lipinski definition) is 2. The fourth-order valence-corrected chi connectivity index (χ4v) is 2.71. The lowest BCUT2D eigenvalue weighted by Crippen LogP contribution is -2.05. The van der Waals surface area contributed by atoms with Crippen LogP contribution in [0.15, 0.2) is 36.4 Å². The van der Waals surface area contributed by atoms with Gasteiger partial charge >= 0.3 is 0 Å². The van der Waals surface area contributed by atoms with E-state index in [1.165, 1.54) is 0 Å². The summed E-state index contributed by atoms with van der Waals surface area (Å²) >= 11 is 12.0. The number of nitrogens with zero attached hydrogens (tertiary/aromatic N) is 3. The summed E-state index contributed by atoms with van der Waals surface area (Å²) in [6.07, 6.45) is 0.868. The molecule has 0 bridgehead atoms. The zero-order valence-corrected chi connectivity index (χ0v) is 12.5. The molecule has 0 atom stereocenters. The standard InChI is InChI=1S/C15H13Cl2N3/c1-2-14-18-11-5-3-4-6-12(11)20(14)9-10-7-8-13(16)19-15(10)17/h3-8H,2,9H2,1H3. The van der Waals surface area contributed by atoms with Crippen LogP contribution in [0.25, 0.3) is 11.0 Å². The zero-order chi connectivity index (χ0) is 14.1. The summed E-state index contributed by atoms with van der Waals surface area (Å²) < 4.78 is 2.17. The minimum absolute atomic E-state index is 0.407. The van der Waals surface area contributed by atoms with Gasteiger partial charge in [0.15, 0.2) is 0 Å². The molecule has 3 nitrogen and oxygen atoms in total. The van der Waals surface area contributed by atoms with Gasteiger partial charge in [-0.3, -0.25) is 0 Å². The van der Waals surface area contributed by atoms with Crippen LogP contribution in [0.1, 0.15) is 18.3 Å². The van der Waals surface area contributed by atoms with E-state index in [1.807, 2.05) is 24.3 Å². The largest absolute Gasteiger partial charge is 0.323 e. The molecule has 0 aliphatic rings. The predicted octanol–water partition coefficient (Wildman–Crippen LogP) is 4.35. The second-order valence-corrected chi connectivity index (χ2v) is 5.29. The van der Waals surface area contributed by atoms with Gasteiger partial charge in [-0.1, -0.05) is 48.3 Å². The Bertz CT molecular complexity index is 765. The van der Waals surface area contributed by atoms with Crippen molar-refractivity contribution >= 4 is 34.2 Å². The first-order chi connectivity index (χ1) is 9.69. The summed E-state index contributed by atoms with van der Waals surface area (Å²) in [5.74, 6) is 1.04. The van der Waals surface area contributed by atoms with E-state index in [-0.39, 0.29) is 0 Å². The fourth-order valence-electron chi connectivity index (χ4n) is 2.30. The highest BCUT2D eigenvalue weighted by Crippen LogP contribution is 2.22. The molecule has 0 fully saturated rings. The number of aryl methyl sites for hydroxylation is 1. The highest BCUT2D eigenvalue weighted by molar-refractivity contribution is 6.32. The molecule has 0 amide bonds. The Morgan fingerprint density at radius 3 is 2.60 bits per heavy atom. The quantitative estimate of drug-likeness (QED) is 0.674. The summed E-state index contributed by atoms with van der Waals surface area (Å²) in [5.41, 5.74) is 3.05. The number of hydrogen-bond donors (Lipinski definition) is 0. The van der Waals surface area contributed by atoms with Gasteiger partial charge in [-0.05, 0) is 18.2 Å². The van der Waals surface area contributed by atoms with Crippen molar-refractivity contribution in [2.45, 2.75) is 19.9 Å². The minimum Gasteiger partial charge on any atom is -0.323 e. The maximum Gasteiger partial charge on any atom is 0.135 e. The fraction of sp³-hybridized carbons (Fsp3) is 0.200. The van der Waals surface area contributed by atoms with Crippen LogP contribution in [-0.4, -0.2) is 14.5 Å². The smallest absolute Gasteiger partial charge is 0.135 e. The van der Waals surface area contributed by atoms with Gasteiger partial charge in [0.05, 0.1) is 17.6 Å². The molecule has 0 radical (unpaired) electrons. The number of fused-ring (bicyclic) bond motifs is 1. The zero-order valence-electron chi connectivity index (χ0n) is 11.0. The number of halogens is 2. The Balaban J connectivity index is 2.09. The molecule has 0 aliphatic carbocycles. The Kier molecular flexibility index (Phi) is 3.64. The molecule has 0 unspecified atom stereocenters. The van der Waals surface area contributed by atoms with Crippen molar-refractivity contribution in [3.8, 4) is 0 Å². The minimum atomic E-state index is 0.407. The summed E-state index contributed by atoms with van der Waals surface area (Å²) in [4.78, 5) is 8.73. The van der Waals surface area contributed by atoms with E-state index in [0.717, 1.165) is 28.8 Å². The molecule has 0 saturated heterocycles. The highest BCUT2D eigenvalue weighted by atomic mass is 35.5. The molecule has 2 aromatic heterocycles. The third-order valence-electron chi connectivity index (χ3n) is 3.27. The van der Waals surface area contributed by atoms with Crippen LogP contribution in [0.4, 0.5) is 0 Å². The van der Waals surface area contributed by atoms with Crippen molar-refractivity contribution in [1.29, 1.82) is 0 Å². The van der Waals surface area contributed by atoms with Crippen molar-refractivity contribution < 1.29 is 0 Å². The number of aromatic nitrogens is 3. The molecule has 0 aliphatic heterocycles. The van der Waals surface area contributed by atoms with E-state index in [4.69, 9.17) is 23.2 Å². The van der Waals surface area contributed by atoms with Gasteiger partial charge in [0, 0.05) is 12.0 Å². The monoisotopic (exact) mass is 305 g/mol. The van der Waals surface area contributed by atoms with E-state index in [2.05, 4.69) is 27.5 Å². The lowest BCUT2D eigenvalue weighted by atomic mass is 10.2. The lowest BCUT2D eigenvalue weighted by molar-refractivity contribution is 0.751. The van der Waals surface area contributed by atoms with E-state index in [1.54, 1.807) is 6.07 Å². The van der Waals surface area contributed by atoms with Crippen molar-refractivity contribution in [1.82, 2.24) is 14.5 Å². The average Bonchev–Trinajstić information content (AvgIpc) is 2.80. The molecular formula is C15H13Cl2N3. The molecule has 102 valence electrons. The van der Waals surface area contributed by atoms with Crippen molar-refractivity contribution in [2.75, 3.05) is 0 Å². The predicted molar refractivity (Wildman–Crippen MR) is 82.5 cm³/mol. The van der Waals surface area contributed by atoms with Crippen LogP contribution in [0.3, 0.4) is 0 Å². The Labute approximate surface area is 127 Å². The van der Waals surface area contributed by atoms with Crippen molar-refractivity contribution in [3.05, 3.63) is 58.1 Å². The molecule has 2 heterocycles. The van der Waals surface area contributed by atoms with Gasteiger partial charge in [-0.25, -0.2) is 9.97 Å². The van der Waals surface area contributed by atoms with Crippen molar-refractivity contribution in [2.24, 2.45) is 0 Å². The Hall–Kier alpha value is -1.58.